The SMILES string of the molecule is CCCNCCNC(=O)COC1CCCC1. The molecule has 94 valence electrons. The normalized spacial score (nSPS) is 16.6. The molecule has 1 saturated carbocycles. The zero-order chi connectivity index (χ0) is 11.6. The maximum absolute atomic E-state index is 11.4. The number of nitrogens with one attached hydrogen (secondary N) is 2. The second-order valence-electron chi connectivity index (χ2n) is 4.32. The van der Waals surface area contributed by atoms with Gasteiger partial charge in [0.15, 0.2) is 0 Å². The van der Waals surface area contributed by atoms with Crippen LogP contribution in [0.25, 0.3) is 0 Å². The Morgan fingerprint density at radius 1 is 1.25 bits per heavy atom. The van der Waals surface area contributed by atoms with E-state index in [1.54, 1.807) is 0 Å². The van der Waals surface area contributed by atoms with E-state index in [9.17, 15) is 4.79 Å². The fourth-order valence-corrected chi connectivity index (χ4v) is 1.89. The maximum atomic E-state index is 11.4. The van der Waals surface area contributed by atoms with Crippen LogP contribution in [0.3, 0.4) is 0 Å². The van der Waals surface area contributed by atoms with E-state index < -0.39 is 0 Å². The van der Waals surface area contributed by atoms with Gasteiger partial charge >= 0.3 is 0 Å². The highest BCUT2D eigenvalue weighted by Crippen LogP contribution is 2.20. The summed E-state index contributed by atoms with van der Waals surface area (Å²) >= 11 is 0. The summed E-state index contributed by atoms with van der Waals surface area (Å²) in [6.07, 6.45) is 6.17. The average Bonchev–Trinajstić information content (AvgIpc) is 2.79. The van der Waals surface area contributed by atoms with Gasteiger partial charge in [0.2, 0.25) is 5.91 Å². The van der Waals surface area contributed by atoms with Crippen molar-refractivity contribution in [3.63, 3.8) is 0 Å². The van der Waals surface area contributed by atoms with E-state index in [4.69, 9.17) is 4.74 Å². The minimum Gasteiger partial charge on any atom is -0.368 e. The Labute approximate surface area is 98.1 Å². The van der Waals surface area contributed by atoms with E-state index >= 15 is 0 Å². The van der Waals surface area contributed by atoms with Gasteiger partial charge in [-0.15, -0.1) is 0 Å². The zero-order valence-electron chi connectivity index (χ0n) is 10.3. The second-order valence-corrected chi connectivity index (χ2v) is 4.32. The predicted molar refractivity (Wildman–Crippen MR) is 64.4 cm³/mol. The van der Waals surface area contributed by atoms with Gasteiger partial charge in [0, 0.05) is 13.1 Å². The van der Waals surface area contributed by atoms with Crippen molar-refractivity contribution in [2.75, 3.05) is 26.2 Å². The standard InChI is InChI=1S/C12H24N2O2/c1-2-7-13-8-9-14-12(15)10-16-11-5-3-4-6-11/h11,13H,2-10H2,1H3,(H,14,15). The number of hydrogen-bond acceptors (Lipinski definition) is 3. The molecule has 1 fully saturated rings. The molecule has 16 heavy (non-hydrogen) atoms. The van der Waals surface area contributed by atoms with Crippen LogP contribution >= 0.6 is 0 Å². The summed E-state index contributed by atoms with van der Waals surface area (Å²) < 4.78 is 5.51. The van der Waals surface area contributed by atoms with Gasteiger partial charge in [-0.05, 0) is 25.8 Å². The van der Waals surface area contributed by atoms with Crippen LogP contribution in [0.5, 0.6) is 0 Å². The summed E-state index contributed by atoms with van der Waals surface area (Å²) in [6.45, 7) is 4.88. The smallest absolute Gasteiger partial charge is 0.246 e. The molecule has 0 aromatic rings. The largest absolute Gasteiger partial charge is 0.368 e. The Bertz CT molecular complexity index is 191. The summed E-state index contributed by atoms with van der Waals surface area (Å²) in [6, 6.07) is 0. The molecule has 1 rings (SSSR count). The zero-order valence-corrected chi connectivity index (χ0v) is 10.3. The molecule has 0 saturated heterocycles. The van der Waals surface area contributed by atoms with Gasteiger partial charge in [-0.25, -0.2) is 0 Å². The summed E-state index contributed by atoms with van der Waals surface area (Å²) in [5.74, 6) is 0.00481. The first kappa shape index (κ1) is 13.5. The third-order valence-corrected chi connectivity index (χ3v) is 2.80. The summed E-state index contributed by atoms with van der Waals surface area (Å²) in [5, 5.41) is 6.07. The summed E-state index contributed by atoms with van der Waals surface area (Å²) in [7, 11) is 0. The number of hydrogen-bond donors (Lipinski definition) is 2. The van der Waals surface area contributed by atoms with Crippen molar-refractivity contribution in [2.45, 2.75) is 45.1 Å². The lowest BCUT2D eigenvalue weighted by molar-refractivity contribution is -0.127. The van der Waals surface area contributed by atoms with Gasteiger partial charge in [-0.2, -0.15) is 0 Å². The molecule has 0 bridgehead atoms. The number of rotatable bonds is 8. The van der Waals surface area contributed by atoms with Crippen molar-refractivity contribution in [1.82, 2.24) is 10.6 Å². The predicted octanol–water partition coefficient (Wildman–Crippen LogP) is 1.06. The molecule has 0 aliphatic heterocycles. The van der Waals surface area contributed by atoms with E-state index in [-0.39, 0.29) is 12.5 Å². The molecule has 0 unspecified atom stereocenters. The average molecular weight is 228 g/mol. The van der Waals surface area contributed by atoms with E-state index in [0.717, 1.165) is 32.4 Å². The van der Waals surface area contributed by atoms with Gasteiger partial charge in [-0.1, -0.05) is 19.8 Å². The Kier molecular flexibility index (Phi) is 7.17. The Balaban J connectivity index is 1.90. The molecule has 0 atom stereocenters. The first-order chi connectivity index (χ1) is 7.83. The molecule has 4 nitrogen and oxygen atoms in total. The van der Waals surface area contributed by atoms with Crippen LogP contribution in [-0.2, 0) is 9.53 Å². The quantitative estimate of drug-likeness (QED) is 0.611. The molecule has 0 aromatic carbocycles. The van der Waals surface area contributed by atoms with Crippen molar-refractivity contribution < 1.29 is 9.53 Å². The van der Waals surface area contributed by atoms with Gasteiger partial charge in [-0.3, -0.25) is 4.79 Å². The molecular weight excluding hydrogens is 204 g/mol. The Morgan fingerprint density at radius 3 is 2.69 bits per heavy atom. The van der Waals surface area contributed by atoms with E-state index in [1.807, 2.05) is 0 Å². The topological polar surface area (TPSA) is 50.4 Å². The molecule has 4 heteroatoms. The van der Waals surface area contributed by atoms with Crippen molar-refractivity contribution in [3.05, 3.63) is 0 Å². The first-order valence-electron chi connectivity index (χ1n) is 6.42. The minimum absolute atomic E-state index is 0.00481. The lowest BCUT2D eigenvalue weighted by Crippen LogP contribution is -2.35. The van der Waals surface area contributed by atoms with E-state index in [1.165, 1.54) is 12.8 Å². The highest BCUT2D eigenvalue weighted by molar-refractivity contribution is 5.77. The number of carbonyl (C=O) groups excluding carboxylic acids is 1. The molecular formula is C12H24N2O2. The summed E-state index contributed by atoms with van der Waals surface area (Å²) in [5.41, 5.74) is 0. The Morgan fingerprint density at radius 2 is 2.00 bits per heavy atom. The Hall–Kier alpha value is -0.610. The molecule has 1 aliphatic carbocycles. The lowest BCUT2D eigenvalue weighted by Gasteiger charge is -2.11. The summed E-state index contributed by atoms with van der Waals surface area (Å²) in [4.78, 5) is 11.4. The molecule has 1 aliphatic rings. The molecule has 0 heterocycles. The highest BCUT2D eigenvalue weighted by atomic mass is 16.5. The van der Waals surface area contributed by atoms with E-state index in [2.05, 4.69) is 17.6 Å². The minimum atomic E-state index is 0.00481. The van der Waals surface area contributed by atoms with Gasteiger partial charge in [0.25, 0.3) is 0 Å². The van der Waals surface area contributed by atoms with Crippen LogP contribution < -0.4 is 10.6 Å². The first-order valence-corrected chi connectivity index (χ1v) is 6.42. The van der Waals surface area contributed by atoms with Crippen LogP contribution in [0, 0.1) is 0 Å². The molecule has 0 aromatic heterocycles. The lowest BCUT2D eigenvalue weighted by atomic mass is 10.3. The van der Waals surface area contributed by atoms with E-state index in [0.29, 0.717) is 12.6 Å². The fourth-order valence-electron chi connectivity index (χ4n) is 1.89. The van der Waals surface area contributed by atoms with Crippen molar-refractivity contribution in [1.29, 1.82) is 0 Å². The monoisotopic (exact) mass is 228 g/mol. The molecule has 1 amide bonds. The second kappa shape index (κ2) is 8.53. The van der Waals surface area contributed by atoms with Crippen molar-refractivity contribution >= 4 is 5.91 Å². The number of ether oxygens (including phenoxy) is 1. The molecule has 2 N–H and O–H groups in total. The maximum Gasteiger partial charge on any atom is 0.246 e. The van der Waals surface area contributed by atoms with Crippen LogP contribution in [0.1, 0.15) is 39.0 Å². The number of carbonyl (C=O) groups is 1. The molecule has 0 spiro atoms. The van der Waals surface area contributed by atoms with Crippen LogP contribution in [0.4, 0.5) is 0 Å². The van der Waals surface area contributed by atoms with Crippen LogP contribution in [0.15, 0.2) is 0 Å². The van der Waals surface area contributed by atoms with Crippen molar-refractivity contribution in [2.24, 2.45) is 0 Å². The fraction of sp³-hybridized carbons (Fsp3) is 0.917. The number of amides is 1. The van der Waals surface area contributed by atoms with Gasteiger partial charge in [0.1, 0.15) is 6.61 Å². The third-order valence-electron chi connectivity index (χ3n) is 2.80. The third kappa shape index (κ3) is 6.08. The van der Waals surface area contributed by atoms with Crippen molar-refractivity contribution in [3.8, 4) is 0 Å². The highest BCUT2D eigenvalue weighted by Gasteiger charge is 2.16. The van der Waals surface area contributed by atoms with Crippen LogP contribution in [-0.4, -0.2) is 38.3 Å². The van der Waals surface area contributed by atoms with Crippen LogP contribution in [0.2, 0.25) is 0 Å². The van der Waals surface area contributed by atoms with Gasteiger partial charge < -0.3 is 15.4 Å². The molecule has 0 radical (unpaired) electrons. The van der Waals surface area contributed by atoms with Gasteiger partial charge in [0.05, 0.1) is 6.10 Å².